The highest BCUT2D eigenvalue weighted by molar-refractivity contribution is 9.10. The molecule has 0 N–H and O–H groups in total. The van der Waals surface area contributed by atoms with Crippen LogP contribution in [0.4, 0.5) is 4.39 Å². The Bertz CT molecular complexity index is 1300. The van der Waals surface area contributed by atoms with E-state index < -0.39 is 0 Å². The molecule has 0 amide bonds. The molecule has 0 saturated heterocycles. The standard InChI is InChI=1S/C19H10BrFN4O2S2/c20-14-6-5-13(26-14)17-25-24-15(27-17)8-29-19-16-12(7-28-18(16)22-9-23-19)10-1-3-11(21)4-2-10/h1-7,9H,8H2. The average Bonchev–Trinajstić information content (AvgIpc) is 3.46. The quantitative estimate of drug-likeness (QED) is 0.215. The Balaban J connectivity index is 1.43. The van der Waals surface area contributed by atoms with Gasteiger partial charge in [0.2, 0.25) is 5.89 Å². The first-order valence-corrected chi connectivity index (χ1v) is 11.0. The lowest BCUT2D eigenvalue weighted by molar-refractivity contribution is 0.486. The van der Waals surface area contributed by atoms with Crippen LogP contribution < -0.4 is 0 Å². The van der Waals surface area contributed by atoms with E-state index in [2.05, 4.69) is 36.1 Å². The fraction of sp³-hybridized carbons (Fsp3) is 0.0526. The topological polar surface area (TPSA) is 77.8 Å². The molecule has 0 fully saturated rings. The lowest BCUT2D eigenvalue weighted by Gasteiger charge is -2.04. The number of aromatic nitrogens is 4. The molecule has 1 aromatic carbocycles. The van der Waals surface area contributed by atoms with Crippen LogP contribution in [-0.4, -0.2) is 20.2 Å². The summed E-state index contributed by atoms with van der Waals surface area (Å²) in [4.78, 5) is 9.66. The van der Waals surface area contributed by atoms with Crippen molar-refractivity contribution in [2.45, 2.75) is 10.8 Å². The highest BCUT2D eigenvalue weighted by Crippen LogP contribution is 2.38. The molecule has 0 bridgehead atoms. The fourth-order valence-electron chi connectivity index (χ4n) is 2.77. The zero-order valence-electron chi connectivity index (χ0n) is 14.5. The number of benzene rings is 1. The van der Waals surface area contributed by atoms with Crippen molar-refractivity contribution in [1.29, 1.82) is 0 Å². The van der Waals surface area contributed by atoms with Gasteiger partial charge in [0.15, 0.2) is 10.4 Å². The SMILES string of the molecule is Fc1ccc(-c2csc3ncnc(SCc4nnc(-c5ccc(Br)o5)o4)c23)cc1. The molecule has 5 rings (SSSR count). The number of furan rings is 1. The maximum atomic E-state index is 13.3. The first kappa shape index (κ1) is 18.5. The number of fused-ring (bicyclic) bond motifs is 1. The largest absolute Gasteiger partial charge is 0.444 e. The van der Waals surface area contributed by atoms with E-state index in [0.29, 0.717) is 28.0 Å². The van der Waals surface area contributed by atoms with E-state index in [1.54, 1.807) is 24.3 Å². The predicted molar refractivity (Wildman–Crippen MR) is 112 cm³/mol. The van der Waals surface area contributed by atoms with E-state index >= 15 is 0 Å². The molecular weight excluding hydrogens is 479 g/mol. The summed E-state index contributed by atoms with van der Waals surface area (Å²) in [5, 5.41) is 11.9. The predicted octanol–water partition coefficient (Wildman–Crippen LogP) is 6.20. The van der Waals surface area contributed by atoms with Crippen LogP contribution in [0.2, 0.25) is 0 Å². The summed E-state index contributed by atoms with van der Waals surface area (Å²) in [5.41, 5.74) is 1.89. The van der Waals surface area contributed by atoms with Crippen LogP contribution in [0.5, 0.6) is 0 Å². The first-order chi connectivity index (χ1) is 14.2. The van der Waals surface area contributed by atoms with Gasteiger partial charge in [0.25, 0.3) is 5.89 Å². The number of thioether (sulfide) groups is 1. The minimum atomic E-state index is -0.269. The number of rotatable bonds is 5. The van der Waals surface area contributed by atoms with Gasteiger partial charge in [0, 0.05) is 10.9 Å². The average molecular weight is 489 g/mol. The van der Waals surface area contributed by atoms with Crippen molar-refractivity contribution in [3.8, 4) is 22.8 Å². The Morgan fingerprint density at radius 1 is 1.03 bits per heavy atom. The summed E-state index contributed by atoms with van der Waals surface area (Å²) in [7, 11) is 0. The van der Waals surface area contributed by atoms with Crippen LogP contribution in [0.3, 0.4) is 0 Å². The van der Waals surface area contributed by atoms with Crippen molar-refractivity contribution in [1.82, 2.24) is 20.2 Å². The van der Waals surface area contributed by atoms with E-state index in [0.717, 1.165) is 26.4 Å². The molecule has 0 aliphatic rings. The molecule has 0 aliphatic carbocycles. The summed E-state index contributed by atoms with van der Waals surface area (Å²) in [5.74, 6) is 1.46. The molecule has 10 heteroatoms. The van der Waals surface area contributed by atoms with Gasteiger partial charge in [-0.15, -0.1) is 21.5 Å². The molecule has 0 atom stereocenters. The molecule has 0 unspecified atom stereocenters. The second-order valence-electron chi connectivity index (χ2n) is 5.91. The first-order valence-electron chi connectivity index (χ1n) is 8.36. The van der Waals surface area contributed by atoms with Gasteiger partial charge in [0.1, 0.15) is 22.0 Å². The second-order valence-corrected chi connectivity index (χ2v) is 8.51. The van der Waals surface area contributed by atoms with Gasteiger partial charge < -0.3 is 8.83 Å². The molecular formula is C19H10BrFN4O2S2. The number of halogens is 2. The van der Waals surface area contributed by atoms with Gasteiger partial charge >= 0.3 is 0 Å². The Hall–Kier alpha value is -2.56. The van der Waals surface area contributed by atoms with Gasteiger partial charge in [-0.25, -0.2) is 14.4 Å². The van der Waals surface area contributed by atoms with Gasteiger partial charge in [-0.3, -0.25) is 0 Å². The Labute approximate surface area is 180 Å². The van der Waals surface area contributed by atoms with Crippen molar-refractivity contribution < 1.29 is 13.2 Å². The van der Waals surface area contributed by atoms with E-state index in [-0.39, 0.29) is 5.82 Å². The molecule has 4 aromatic heterocycles. The third-order valence-electron chi connectivity index (χ3n) is 4.07. The third-order valence-corrected chi connectivity index (χ3v) is 6.36. The molecule has 144 valence electrons. The smallest absolute Gasteiger partial charge is 0.283 e. The minimum absolute atomic E-state index is 0.269. The molecule has 0 radical (unpaired) electrons. The van der Waals surface area contributed by atoms with Gasteiger partial charge in [0.05, 0.1) is 11.1 Å². The third kappa shape index (κ3) is 3.70. The summed E-state index contributed by atoms with van der Waals surface area (Å²) in [6, 6.07) is 9.92. The van der Waals surface area contributed by atoms with Crippen LogP contribution in [0.15, 0.2) is 66.6 Å². The molecule has 0 spiro atoms. The van der Waals surface area contributed by atoms with Crippen LogP contribution in [0, 0.1) is 5.82 Å². The molecule has 4 heterocycles. The minimum Gasteiger partial charge on any atom is -0.444 e. The normalized spacial score (nSPS) is 11.4. The number of hydrogen-bond acceptors (Lipinski definition) is 8. The number of hydrogen-bond donors (Lipinski definition) is 0. The summed E-state index contributed by atoms with van der Waals surface area (Å²) < 4.78 is 25.0. The van der Waals surface area contributed by atoms with Crippen LogP contribution in [-0.2, 0) is 5.75 Å². The zero-order valence-corrected chi connectivity index (χ0v) is 17.7. The van der Waals surface area contributed by atoms with Crippen molar-refractivity contribution in [2.24, 2.45) is 0 Å². The van der Waals surface area contributed by atoms with Crippen molar-refractivity contribution in [3.05, 3.63) is 64.5 Å². The Morgan fingerprint density at radius 3 is 2.69 bits per heavy atom. The molecule has 0 saturated carbocycles. The fourth-order valence-corrected chi connectivity index (χ4v) is 4.91. The Kier molecular flexibility index (Phi) is 4.90. The van der Waals surface area contributed by atoms with Crippen LogP contribution in [0.25, 0.3) is 33.0 Å². The highest BCUT2D eigenvalue weighted by Gasteiger charge is 2.16. The van der Waals surface area contributed by atoms with E-state index in [1.807, 2.05) is 5.38 Å². The Morgan fingerprint density at radius 2 is 1.90 bits per heavy atom. The van der Waals surface area contributed by atoms with Crippen molar-refractivity contribution in [3.63, 3.8) is 0 Å². The van der Waals surface area contributed by atoms with Gasteiger partial charge in [-0.05, 0) is 45.8 Å². The summed E-state index contributed by atoms with van der Waals surface area (Å²) in [6.45, 7) is 0. The summed E-state index contributed by atoms with van der Waals surface area (Å²) in [6.07, 6.45) is 1.54. The summed E-state index contributed by atoms with van der Waals surface area (Å²) >= 11 is 6.26. The van der Waals surface area contributed by atoms with E-state index in [1.165, 1.54) is 41.6 Å². The monoisotopic (exact) mass is 488 g/mol. The van der Waals surface area contributed by atoms with E-state index in [9.17, 15) is 4.39 Å². The molecule has 6 nitrogen and oxygen atoms in total. The van der Waals surface area contributed by atoms with Crippen LogP contribution >= 0.6 is 39.0 Å². The van der Waals surface area contributed by atoms with E-state index in [4.69, 9.17) is 8.83 Å². The van der Waals surface area contributed by atoms with Crippen molar-refractivity contribution >= 4 is 49.2 Å². The molecule has 0 aliphatic heterocycles. The van der Waals surface area contributed by atoms with Gasteiger partial charge in [-0.2, -0.15) is 0 Å². The zero-order chi connectivity index (χ0) is 19.8. The number of thiophene rings is 1. The molecule has 5 aromatic rings. The second kappa shape index (κ2) is 7.69. The van der Waals surface area contributed by atoms with Crippen LogP contribution in [0.1, 0.15) is 5.89 Å². The lowest BCUT2D eigenvalue weighted by Crippen LogP contribution is -1.88. The number of nitrogens with zero attached hydrogens (tertiary/aromatic N) is 4. The lowest BCUT2D eigenvalue weighted by atomic mass is 10.1. The van der Waals surface area contributed by atoms with Crippen molar-refractivity contribution in [2.75, 3.05) is 0 Å². The maximum Gasteiger partial charge on any atom is 0.283 e. The van der Waals surface area contributed by atoms with Gasteiger partial charge in [-0.1, -0.05) is 23.9 Å². The maximum absolute atomic E-state index is 13.3. The highest BCUT2D eigenvalue weighted by atomic mass is 79.9. The molecule has 29 heavy (non-hydrogen) atoms.